The fraction of sp³-hybridized carbons (Fsp3) is 0.0833. The third kappa shape index (κ3) is 2.78. The Morgan fingerprint density at radius 3 is 2.71 bits per heavy atom. The number of hydrogen-bond donors (Lipinski definition) is 2. The minimum absolute atomic E-state index is 0.134. The van der Waals surface area contributed by atoms with Crippen molar-refractivity contribution in [3.63, 3.8) is 0 Å². The van der Waals surface area contributed by atoms with Gasteiger partial charge in [-0.1, -0.05) is 11.3 Å². The number of nitrogens with zero attached hydrogens (tertiary/aromatic N) is 3. The normalized spacial score (nSPS) is 11.7. The SMILES string of the molecule is Cc1nnc(NS(=O)(=O)c2ccc3nc(N)ccc3c2)s1. The number of benzene rings is 1. The van der Waals surface area contributed by atoms with Gasteiger partial charge in [-0.25, -0.2) is 13.4 Å². The van der Waals surface area contributed by atoms with E-state index in [1.54, 1.807) is 25.1 Å². The smallest absolute Gasteiger partial charge is 0.263 e. The Morgan fingerprint density at radius 2 is 2.00 bits per heavy atom. The van der Waals surface area contributed by atoms with E-state index in [-0.39, 0.29) is 10.0 Å². The van der Waals surface area contributed by atoms with Crippen LogP contribution in [-0.2, 0) is 10.0 Å². The highest BCUT2D eigenvalue weighted by Gasteiger charge is 2.17. The van der Waals surface area contributed by atoms with Crippen LogP contribution in [0.2, 0.25) is 0 Å². The summed E-state index contributed by atoms with van der Waals surface area (Å²) in [5.74, 6) is 0.389. The number of rotatable bonds is 3. The molecule has 2 heterocycles. The van der Waals surface area contributed by atoms with Crippen LogP contribution in [0.25, 0.3) is 10.9 Å². The number of aryl methyl sites for hydroxylation is 1. The molecular weight excluding hydrogens is 310 g/mol. The topological polar surface area (TPSA) is 111 Å². The molecule has 0 saturated heterocycles. The zero-order valence-corrected chi connectivity index (χ0v) is 12.6. The first-order valence-electron chi connectivity index (χ1n) is 5.93. The molecule has 0 aliphatic heterocycles. The number of aromatic nitrogens is 3. The van der Waals surface area contributed by atoms with Crippen LogP contribution in [-0.4, -0.2) is 23.6 Å². The largest absolute Gasteiger partial charge is 0.384 e. The Labute approximate surface area is 124 Å². The quantitative estimate of drug-likeness (QED) is 0.760. The average molecular weight is 321 g/mol. The Kier molecular flexibility index (Phi) is 3.22. The first kappa shape index (κ1) is 13.7. The minimum atomic E-state index is -3.70. The summed E-state index contributed by atoms with van der Waals surface area (Å²) in [6.07, 6.45) is 0. The van der Waals surface area contributed by atoms with Gasteiger partial charge in [0, 0.05) is 5.39 Å². The first-order valence-corrected chi connectivity index (χ1v) is 8.23. The van der Waals surface area contributed by atoms with Crippen LogP contribution in [0.5, 0.6) is 0 Å². The molecule has 2 aromatic heterocycles. The minimum Gasteiger partial charge on any atom is -0.384 e. The van der Waals surface area contributed by atoms with Gasteiger partial charge < -0.3 is 5.73 Å². The summed E-state index contributed by atoms with van der Waals surface area (Å²) in [7, 11) is -3.70. The van der Waals surface area contributed by atoms with E-state index in [0.717, 1.165) is 0 Å². The zero-order chi connectivity index (χ0) is 15.0. The summed E-state index contributed by atoms with van der Waals surface area (Å²) in [5, 5.41) is 9.14. The maximum absolute atomic E-state index is 12.3. The van der Waals surface area contributed by atoms with Gasteiger partial charge in [0.15, 0.2) is 0 Å². The summed E-state index contributed by atoms with van der Waals surface area (Å²) < 4.78 is 27.0. The Morgan fingerprint density at radius 1 is 1.19 bits per heavy atom. The third-order valence-electron chi connectivity index (χ3n) is 2.74. The molecule has 0 bridgehead atoms. The second-order valence-electron chi connectivity index (χ2n) is 4.32. The summed E-state index contributed by atoms with van der Waals surface area (Å²) in [6, 6.07) is 7.99. The molecule has 0 spiro atoms. The number of fused-ring (bicyclic) bond motifs is 1. The molecule has 0 fully saturated rings. The summed E-state index contributed by atoms with van der Waals surface area (Å²) in [6.45, 7) is 1.75. The van der Waals surface area contributed by atoms with Crippen LogP contribution >= 0.6 is 11.3 Å². The fourth-order valence-corrected chi connectivity index (χ4v) is 3.66. The van der Waals surface area contributed by atoms with E-state index < -0.39 is 10.0 Å². The van der Waals surface area contributed by atoms with Crippen LogP contribution in [0.4, 0.5) is 10.9 Å². The lowest BCUT2D eigenvalue weighted by molar-refractivity contribution is 0.601. The molecule has 0 aliphatic rings. The highest BCUT2D eigenvalue weighted by molar-refractivity contribution is 7.93. The fourth-order valence-electron chi connectivity index (χ4n) is 1.80. The van der Waals surface area contributed by atoms with Crippen LogP contribution < -0.4 is 10.5 Å². The van der Waals surface area contributed by atoms with Crippen LogP contribution in [0.3, 0.4) is 0 Å². The molecule has 3 N–H and O–H groups in total. The van der Waals surface area contributed by atoms with E-state index in [0.29, 0.717) is 21.7 Å². The van der Waals surface area contributed by atoms with Crippen LogP contribution in [0.1, 0.15) is 5.01 Å². The van der Waals surface area contributed by atoms with Crippen molar-refractivity contribution < 1.29 is 8.42 Å². The second-order valence-corrected chi connectivity index (χ2v) is 7.19. The predicted molar refractivity (Wildman–Crippen MR) is 81.6 cm³/mol. The Hall–Kier alpha value is -2.26. The maximum Gasteiger partial charge on any atom is 0.263 e. The van der Waals surface area contributed by atoms with Crippen LogP contribution in [0, 0.1) is 6.92 Å². The maximum atomic E-state index is 12.3. The van der Waals surface area contributed by atoms with Gasteiger partial charge in [-0.15, -0.1) is 10.2 Å². The lowest BCUT2D eigenvalue weighted by Crippen LogP contribution is -2.12. The van der Waals surface area contributed by atoms with Crippen molar-refractivity contribution >= 4 is 43.2 Å². The average Bonchev–Trinajstić information content (AvgIpc) is 2.82. The van der Waals surface area contributed by atoms with Crippen LogP contribution in [0.15, 0.2) is 35.2 Å². The van der Waals surface area contributed by atoms with Crippen molar-refractivity contribution in [1.29, 1.82) is 0 Å². The van der Waals surface area contributed by atoms with Crippen molar-refractivity contribution in [2.45, 2.75) is 11.8 Å². The number of nitrogens with two attached hydrogens (primary N) is 1. The monoisotopic (exact) mass is 321 g/mol. The summed E-state index contributed by atoms with van der Waals surface area (Å²) in [4.78, 5) is 4.26. The Balaban J connectivity index is 2.00. The number of hydrogen-bond acceptors (Lipinski definition) is 7. The zero-order valence-electron chi connectivity index (χ0n) is 10.9. The number of nitrogens with one attached hydrogen (secondary N) is 1. The van der Waals surface area contributed by atoms with Gasteiger partial charge in [0.1, 0.15) is 10.8 Å². The van der Waals surface area contributed by atoms with Crippen molar-refractivity contribution in [3.8, 4) is 0 Å². The highest BCUT2D eigenvalue weighted by atomic mass is 32.2. The molecule has 7 nitrogen and oxygen atoms in total. The van der Waals surface area contributed by atoms with E-state index >= 15 is 0 Å². The van der Waals surface area contributed by atoms with E-state index in [9.17, 15) is 8.42 Å². The molecule has 0 amide bonds. The number of anilines is 2. The first-order chi connectivity index (χ1) is 9.94. The van der Waals surface area contributed by atoms with Gasteiger partial charge in [-0.2, -0.15) is 0 Å². The molecule has 0 radical (unpaired) electrons. The molecule has 0 saturated carbocycles. The third-order valence-corrected chi connectivity index (χ3v) is 4.96. The Bertz CT molecular complexity index is 920. The molecular formula is C12H11N5O2S2. The number of sulfonamides is 1. The van der Waals surface area contributed by atoms with Crippen molar-refractivity contribution in [1.82, 2.24) is 15.2 Å². The van der Waals surface area contributed by atoms with Crippen molar-refractivity contribution in [3.05, 3.63) is 35.3 Å². The molecule has 3 aromatic rings. The summed E-state index contributed by atoms with van der Waals surface area (Å²) >= 11 is 1.17. The van der Waals surface area contributed by atoms with Gasteiger partial charge in [0.2, 0.25) is 5.13 Å². The van der Waals surface area contributed by atoms with E-state index in [4.69, 9.17) is 5.73 Å². The lowest BCUT2D eigenvalue weighted by Gasteiger charge is -2.06. The molecule has 21 heavy (non-hydrogen) atoms. The molecule has 108 valence electrons. The molecule has 0 unspecified atom stereocenters. The molecule has 0 atom stereocenters. The van der Waals surface area contributed by atoms with Gasteiger partial charge in [0.05, 0.1) is 10.4 Å². The molecule has 9 heteroatoms. The number of pyridine rings is 1. The number of nitrogen functional groups attached to an aromatic ring is 1. The standard InChI is InChI=1S/C12H11N5O2S2/c1-7-15-16-12(20-7)17-21(18,19)9-3-4-10-8(6-9)2-5-11(13)14-10/h2-6H,1H3,(H2,13,14)(H,16,17). The van der Waals surface area contributed by atoms with Gasteiger partial charge in [0.25, 0.3) is 10.0 Å². The highest BCUT2D eigenvalue weighted by Crippen LogP contribution is 2.22. The molecule has 3 rings (SSSR count). The predicted octanol–water partition coefficient (Wildman–Crippen LogP) is 1.78. The van der Waals surface area contributed by atoms with E-state index in [2.05, 4.69) is 19.9 Å². The van der Waals surface area contributed by atoms with E-state index in [1.165, 1.54) is 23.5 Å². The second kappa shape index (κ2) is 4.93. The van der Waals surface area contributed by atoms with Gasteiger partial charge in [-0.3, -0.25) is 4.72 Å². The lowest BCUT2D eigenvalue weighted by atomic mass is 10.2. The molecule has 1 aromatic carbocycles. The van der Waals surface area contributed by atoms with Gasteiger partial charge in [-0.05, 0) is 37.3 Å². The molecule has 0 aliphatic carbocycles. The van der Waals surface area contributed by atoms with Gasteiger partial charge >= 0.3 is 0 Å². The summed E-state index contributed by atoms with van der Waals surface area (Å²) in [5.41, 5.74) is 6.24. The van der Waals surface area contributed by atoms with Crippen molar-refractivity contribution in [2.24, 2.45) is 0 Å². The van der Waals surface area contributed by atoms with E-state index in [1.807, 2.05) is 0 Å². The van der Waals surface area contributed by atoms with Crippen molar-refractivity contribution in [2.75, 3.05) is 10.5 Å².